The molecule has 0 saturated heterocycles. The molecule has 0 N–H and O–H groups in total. The molecule has 0 spiro atoms. The Morgan fingerprint density at radius 2 is 1.25 bits per heavy atom. The van der Waals surface area contributed by atoms with Crippen molar-refractivity contribution in [3.63, 3.8) is 0 Å². The Kier molecular flexibility index (Phi) is 91.0. The molecule has 0 aliphatic rings. The molecule has 0 aromatic heterocycles. The number of hydrogen-bond donors (Lipinski definition) is 0. The van der Waals surface area contributed by atoms with Gasteiger partial charge in [0.05, 0.1) is 0 Å². The van der Waals surface area contributed by atoms with E-state index in [-0.39, 0.29) is 68.2 Å². The molecule has 5 heteroatoms. The molecule has 0 fully saturated rings. The van der Waals surface area contributed by atoms with Crippen LogP contribution < -0.4 is 43.7 Å². The summed E-state index contributed by atoms with van der Waals surface area (Å²) in [6.07, 6.45) is 0. The van der Waals surface area contributed by atoms with Crippen molar-refractivity contribution in [2.24, 2.45) is 0 Å². The number of rotatable bonds is 0. The third kappa shape index (κ3) is 86.4. The van der Waals surface area contributed by atoms with Gasteiger partial charge >= 0.3 is 41.9 Å². The maximum absolute atomic E-state index is 5.27. The smallest absolute Gasteiger partial charge is 1.00 e. The van der Waals surface area contributed by atoms with Crippen LogP contribution in [0.5, 0.6) is 0 Å². The molecule has 0 heterocycles. The van der Waals surface area contributed by atoms with E-state index in [9.17, 15) is 0 Å². The van der Waals surface area contributed by atoms with Crippen molar-refractivity contribution in [2.75, 3.05) is 0 Å². The van der Waals surface area contributed by atoms with Crippen molar-refractivity contribution < 1.29 is 45.1 Å². The second kappa shape index (κ2) is 22.9. The molecule has 8 heavy (non-hydrogen) atoms. The van der Waals surface area contributed by atoms with Gasteiger partial charge in [0.1, 0.15) is 0 Å². The maximum atomic E-state index is 5.27. The molecule has 0 amide bonds. The summed E-state index contributed by atoms with van der Waals surface area (Å²) in [4.78, 5) is 0. The van der Waals surface area contributed by atoms with Crippen LogP contribution in [0.4, 0.5) is 0 Å². The van der Waals surface area contributed by atoms with Crippen molar-refractivity contribution in [3.8, 4) is 0 Å². The van der Waals surface area contributed by atoms with Crippen LogP contribution in [0, 0.1) is 0 Å². The molecule has 0 aliphatic carbocycles. The van der Waals surface area contributed by atoms with Crippen LogP contribution in [0.25, 0.3) is 0 Å². The van der Waals surface area contributed by atoms with E-state index in [2.05, 4.69) is 0 Å². The summed E-state index contributed by atoms with van der Waals surface area (Å²) in [6.45, 7) is 3.86. The maximum Gasteiger partial charge on any atom is 2.00 e. The minimum Gasteiger partial charge on any atom is -1.00 e. The second-order valence-electron chi connectivity index (χ2n) is 1.01. The van der Waals surface area contributed by atoms with Crippen LogP contribution in [0.3, 0.4) is 0 Å². The third-order valence-corrected chi connectivity index (χ3v) is 0. The zero-order valence-corrected chi connectivity index (χ0v) is 9.10. The molecule has 0 aromatic rings. The standard InChI is InChI=1S/C3H7Cl.2ClH.Li.Mg.H/c1-3(2)4;;;;;/h3H,1-2H3;2*1H;;;/q;;;+1;+2;-1/p-2. The van der Waals surface area contributed by atoms with Gasteiger partial charge in [0, 0.05) is 5.38 Å². The van der Waals surface area contributed by atoms with E-state index in [1.165, 1.54) is 0 Å². The SMILES string of the molecule is CC(C)Cl.[Cl-].[Cl-].[H-].[Li+].[Mg+2]. The van der Waals surface area contributed by atoms with E-state index in [1.54, 1.807) is 0 Å². The molecule has 0 atom stereocenters. The first-order valence-electron chi connectivity index (χ1n) is 1.37. The fourth-order valence-corrected chi connectivity index (χ4v) is 0. The molecule has 0 nitrogen and oxygen atoms in total. The van der Waals surface area contributed by atoms with Crippen LogP contribution >= 0.6 is 11.6 Å². The molecular weight excluding hydrogens is 174 g/mol. The van der Waals surface area contributed by atoms with Gasteiger partial charge in [0.25, 0.3) is 0 Å². The molecule has 0 aliphatic heterocycles. The Morgan fingerprint density at radius 1 is 1.25 bits per heavy atom. The molecule has 0 bridgehead atoms. The zero-order valence-electron chi connectivity index (χ0n) is 6.42. The van der Waals surface area contributed by atoms with Crippen LogP contribution in [0.2, 0.25) is 0 Å². The number of hydrogen-bond acceptors (Lipinski definition) is 0. The first kappa shape index (κ1) is 31.9. The molecule has 0 saturated carbocycles. The van der Waals surface area contributed by atoms with Gasteiger partial charge in [-0.15, -0.1) is 11.6 Å². The van der Waals surface area contributed by atoms with Gasteiger partial charge in [-0.2, -0.15) is 0 Å². The Hall–Kier alpha value is 2.23. The van der Waals surface area contributed by atoms with E-state index >= 15 is 0 Å². The summed E-state index contributed by atoms with van der Waals surface area (Å²) in [5.74, 6) is 0. The fraction of sp³-hybridized carbons (Fsp3) is 1.00. The van der Waals surface area contributed by atoms with Crippen molar-refractivity contribution in [2.45, 2.75) is 19.2 Å². The Balaban J connectivity index is -0.00000000450. The van der Waals surface area contributed by atoms with Gasteiger partial charge in [-0.1, -0.05) is 0 Å². The second-order valence-corrected chi connectivity index (χ2v) is 1.89. The van der Waals surface area contributed by atoms with Crippen molar-refractivity contribution in [3.05, 3.63) is 0 Å². The van der Waals surface area contributed by atoms with Gasteiger partial charge in [-0.25, -0.2) is 0 Å². The summed E-state index contributed by atoms with van der Waals surface area (Å²) >= 11 is 5.27. The molecule has 0 aromatic carbocycles. The van der Waals surface area contributed by atoms with Crippen LogP contribution in [0.1, 0.15) is 15.3 Å². The minimum absolute atomic E-state index is 0. The first-order chi connectivity index (χ1) is 1.73. The summed E-state index contributed by atoms with van der Waals surface area (Å²) in [6, 6.07) is 0. The van der Waals surface area contributed by atoms with E-state index in [0.717, 1.165) is 0 Å². The summed E-state index contributed by atoms with van der Waals surface area (Å²) in [5, 5.41) is 0.306. The normalized spacial score (nSPS) is 4.50. The molecule has 44 valence electrons. The van der Waals surface area contributed by atoms with Gasteiger partial charge in [-0.05, 0) is 13.8 Å². The Morgan fingerprint density at radius 3 is 1.25 bits per heavy atom. The topological polar surface area (TPSA) is 0 Å². The van der Waals surface area contributed by atoms with E-state index in [0.29, 0.717) is 5.38 Å². The first-order valence-corrected chi connectivity index (χ1v) is 1.81. The molecular formula is C3H8Cl3LiMg. The van der Waals surface area contributed by atoms with E-state index < -0.39 is 0 Å². The largest absolute Gasteiger partial charge is 2.00 e. The van der Waals surface area contributed by atoms with Gasteiger partial charge in [0.15, 0.2) is 0 Å². The number of alkyl halides is 1. The minimum atomic E-state index is 0. The quantitative estimate of drug-likeness (QED) is 0.257. The van der Waals surface area contributed by atoms with Crippen molar-refractivity contribution in [1.29, 1.82) is 0 Å². The predicted molar refractivity (Wildman–Crippen MR) is 27.9 cm³/mol. The van der Waals surface area contributed by atoms with Crippen LogP contribution in [-0.4, -0.2) is 28.4 Å². The molecule has 0 unspecified atom stereocenters. The van der Waals surface area contributed by atoms with E-state index in [4.69, 9.17) is 11.6 Å². The van der Waals surface area contributed by atoms with E-state index in [1.807, 2.05) is 13.8 Å². The van der Waals surface area contributed by atoms with Crippen LogP contribution in [-0.2, 0) is 0 Å². The fourth-order valence-electron chi connectivity index (χ4n) is 0. The van der Waals surface area contributed by atoms with Gasteiger partial charge in [-0.3, -0.25) is 0 Å². The third-order valence-electron chi connectivity index (χ3n) is 0. The number of halogens is 3. The molecule has 0 rings (SSSR count). The average molecular weight is 182 g/mol. The molecule has 0 radical (unpaired) electrons. The summed E-state index contributed by atoms with van der Waals surface area (Å²) in [5.41, 5.74) is 0. The summed E-state index contributed by atoms with van der Waals surface area (Å²) in [7, 11) is 0. The summed E-state index contributed by atoms with van der Waals surface area (Å²) < 4.78 is 0. The van der Waals surface area contributed by atoms with Crippen molar-refractivity contribution in [1.82, 2.24) is 0 Å². The van der Waals surface area contributed by atoms with Gasteiger partial charge < -0.3 is 26.2 Å². The van der Waals surface area contributed by atoms with Gasteiger partial charge in [0.2, 0.25) is 0 Å². The monoisotopic (exact) mass is 180 g/mol. The average Bonchev–Trinajstić information content (AvgIpc) is 0.811. The van der Waals surface area contributed by atoms with Crippen LogP contribution in [0.15, 0.2) is 0 Å². The zero-order chi connectivity index (χ0) is 3.58. The Labute approximate surface area is 98.1 Å². The predicted octanol–water partition coefficient (Wildman–Crippen LogP) is -7.62. The Bertz CT molecular complexity index is 23.8. The van der Waals surface area contributed by atoms with Crippen molar-refractivity contribution >= 4 is 34.7 Å².